The largest absolute Gasteiger partial charge is 0.330 e. The van der Waals surface area contributed by atoms with Crippen molar-refractivity contribution in [2.75, 3.05) is 6.54 Å². The topological polar surface area (TPSA) is 69.6 Å². The lowest BCUT2D eigenvalue weighted by atomic mass is 9.82. The molecule has 0 spiro atoms. The van der Waals surface area contributed by atoms with Gasteiger partial charge in [0.05, 0.1) is 0 Å². The molecule has 3 rings (SSSR count). The maximum Gasteiger partial charge on any atom is 0.158 e. The molecule has 1 aromatic carbocycles. The number of aryl methyl sites for hydroxylation is 2. The van der Waals surface area contributed by atoms with E-state index < -0.39 is 0 Å². The van der Waals surface area contributed by atoms with Gasteiger partial charge >= 0.3 is 0 Å². The second-order valence-corrected chi connectivity index (χ2v) is 5.05. The molecule has 1 aromatic heterocycles. The first-order chi connectivity index (χ1) is 9.40. The minimum atomic E-state index is 0.331. The highest BCUT2D eigenvalue weighted by molar-refractivity contribution is 5.36. The fourth-order valence-electron chi connectivity index (χ4n) is 2.88. The molecule has 1 heterocycles. The van der Waals surface area contributed by atoms with Crippen LogP contribution in [0, 0.1) is 0 Å². The van der Waals surface area contributed by atoms with Crippen molar-refractivity contribution in [1.82, 2.24) is 20.2 Å². The summed E-state index contributed by atoms with van der Waals surface area (Å²) in [4.78, 5) is 0. The Morgan fingerprint density at radius 1 is 1.32 bits per heavy atom. The van der Waals surface area contributed by atoms with Crippen LogP contribution < -0.4 is 5.73 Å². The summed E-state index contributed by atoms with van der Waals surface area (Å²) in [5.74, 6) is 1.32. The molecule has 1 unspecified atom stereocenters. The maximum absolute atomic E-state index is 5.57. The average molecular weight is 257 g/mol. The first-order valence-corrected chi connectivity index (χ1v) is 6.94. The van der Waals surface area contributed by atoms with Crippen molar-refractivity contribution in [3.63, 3.8) is 0 Å². The van der Waals surface area contributed by atoms with Crippen LogP contribution in [-0.4, -0.2) is 26.8 Å². The summed E-state index contributed by atoms with van der Waals surface area (Å²) >= 11 is 0. The molecule has 2 N–H and O–H groups in total. The number of hydrogen-bond donors (Lipinski definition) is 1. The zero-order valence-corrected chi connectivity index (χ0v) is 11.0. The molecule has 2 aromatic rings. The molecule has 0 bridgehead atoms. The minimum absolute atomic E-state index is 0.331. The molecule has 0 saturated carbocycles. The van der Waals surface area contributed by atoms with Crippen molar-refractivity contribution < 1.29 is 0 Å². The van der Waals surface area contributed by atoms with Crippen LogP contribution in [0.3, 0.4) is 0 Å². The predicted molar refractivity (Wildman–Crippen MR) is 72.7 cm³/mol. The highest BCUT2D eigenvalue weighted by Crippen LogP contribution is 2.35. The van der Waals surface area contributed by atoms with Crippen molar-refractivity contribution in [2.24, 2.45) is 5.73 Å². The van der Waals surface area contributed by atoms with E-state index in [0.29, 0.717) is 12.5 Å². The monoisotopic (exact) mass is 257 g/mol. The van der Waals surface area contributed by atoms with Gasteiger partial charge in [0.15, 0.2) is 5.82 Å². The second-order valence-electron chi connectivity index (χ2n) is 5.05. The van der Waals surface area contributed by atoms with Crippen LogP contribution >= 0.6 is 0 Å². The van der Waals surface area contributed by atoms with Gasteiger partial charge in [0.2, 0.25) is 0 Å². The number of aromatic nitrogens is 4. The van der Waals surface area contributed by atoms with Crippen molar-refractivity contribution in [3.8, 4) is 0 Å². The number of tetrazole rings is 1. The van der Waals surface area contributed by atoms with Crippen LogP contribution in [0.2, 0.25) is 0 Å². The molecule has 1 aliphatic rings. The van der Waals surface area contributed by atoms with E-state index in [4.69, 9.17) is 5.73 Å². The quantitative estimate of drug-likeness (QED) is 0.901. The fraction of sp³-hybridized carbons (Fsp3) is 0.500. The van der Waals surface area contributed by atoms with Gasteiger partial charge in [-0.3, -0.25) is 0 Å². The molecule has 5 heteroatoms. The zero-order valence-electron chi connectivity index (χ0n) is 11.0. The van der Waals surface area contributed by atoms with E-state index >= 15 is 0 Å². The van der Waals surface area contributed by atoms with E-state index in [1.807, 2.05) is 4.68 Å². The Bertz CT molecular complexity index is 548. The van der Waals surface area contributed by atoms with Gasteiger partial charge in [-0.25, -0.2) is 4.68 Å². The van der Waals surface area contributed by atoms with Gasteiger partial charge in [-0.2, -0.15) is 0 Å². The molecule has 0 aliphatic heterocycles. The smallest absolute Gasteiger partial charge is 0.158 e. The Kier molecular flexibility index (Phi) is 3.55. The van der Waals surface area contributed by atoms with E-state index in [2.05, 4.69) is 39.8 Å². The second kappa shape index (κ2) is 5.48. The lowest BCUT2D eigenvalue weighted by Crippen LogP contribution is -2.17. The van der Waals surface area contributed by atoms with Gasteiger partial charge in [-0.05, 0) is 53.8 Å². The van der Waals surface area contributed by atoms with Crippen LogP contribution in [0.5, 0.6) is 0 Å². The van der Waals surface area contributed by atoms with E-state index in [1.165, 1.54) is 17.5 Å². The first kappa shape index (κ1) is 12.3. The SMILES string of the molecule is NCCCn1nnnc1C1CCCc2ccccc21. The van der Waals surface area contributed by atoms with Gasteiger partial charge in [0.1, 0.15) is 0 Å². The van der Waals surface area contributed by atoms with E-state index in [0.717, 1.165) is 31.6 Å². The van der Waals surface area contributed by atoms with Crippen LogP contribution in [0.25, 0.3) is 0 Å². The summed E-state index contributed by atoms with van der Waals surface area (Å²) in [6, 6.07) is 8.64. The molecule has 5 nitrogen and oxygen atoms in total. The van der Waals surface area contributed by atoms with Gasteiger partial charge < -0.3 is 5.73 Å². The molecule has 0 radical (unpaired) electrons. The number of nitrogens with zero attached hydrogens (tertiary/aromatic N) is 4. The summed E-state index contributed by atoms with van der Waals surface area (Å²) in [5, 5.41) is 12.2. The van der Waals surface area contributed by atoms with Gasteiger partial charge in [-0.15, -0.1) is 5.10 Å². The highest BCUT2D eigenvalue weighted by Gasteiger charge is 2.25. The molecular weight excluding hydrogens is 238 g/mol. The molecule has 0 saturated heterocycles. The fourth-order valence-corrected chi connectivity index (χ4v) is 2.88. The molecule has 100 valence electrons. The van der Waals surface area contributed by atoms with Crippen LogP contribution in [-0.2, 0) is 13.0 Å². The number of rotatable bonds is 4. The molecular formula is C14H19N5. The van der Waals surface area contributed by atoms with Crippen molar-refractivity contribution in [3.05, 3.63) is 41.2 Å². The van der Waals surface area contributed by atoms with Gasteiger partial charge in [0, 0.05) is 12.5 Å². The van der Waals surface area contributed by atoms with Crippen molar-refractivity contribution in [1.29, 1.82) is 0 Å². The highest BCUT2D eigenvalue weighted by atomic mass is 15.5. The maximum atomic E-state index is 5.57. The Balaban J connectivity index is 1.93. The minimum Gasteiger partial charge on any atom is -0.330 e. The third-order valence-electron chi connectivity index (χ3n) is 3.81. The van der Waals surface area contributed by atoms with Crippen LogP contribution in [0.4, 0.5) is 0 Å². The number of benzene rings is 1. The summed E-state index contributed by atoms with van der Waals surface area (Å²) in [5.41, 5.74) is 8.39. The van der Waals surface area contributed by atoms with Gasteiger partial charge in [0.25, 0.3) is 0 Å². The lowest BCUT2D eigenvalue weighted by molar-refractivity contribution is 0.503. The molecule has 0 amide bonds. The zero-order chi connectivity index (χ0) is 13.1. The normalized spacial score (nSPS) is 18.3. The Morgan fingerprint density at radius 2 is 2.21 bits per heavy atom. The van der Waals surface area contributed by atoms with Crippen LogP contribution in [0.1, 0.15) is 42.1 Å². The summed E-state index contributed by atoms with van der Waals surface area (Å²) < 4.78 is 1.92. The van der Waals surface area contributed by atoms with Crippen LogP contribution in [0.15, 0.2) is 24.3 Å². The predicted octanol–water partition coefficient (Wildman–Crippen LogP) is 1.49. The third-order valence-corrected chi connectivity index (χ3v) is 3.81. The molecule has 1 aliphatic carbocycles. The van der Waals surface area contributed by atoms with Crippen molar-refractivity contribution >= 4 is 0 Å². The Hall–Kier alpha value is -1.75. The Labute approximate surface area is 112 Å². The van der Waals surface area contributed by atoms with Gasteiger partial charge in [-0.1, -0.05) is 24.3 Å². The first-order valence-electron chi connectivity index (χ1n) is 6.94. The summed E-state index contributed by atoms with van der Waals surface area (Å²) in [6.07, 6.45) is 4.40. The summed E-state index contributed by atoms with van der Waals surface area (Å²) in [7, 11) is 0. The molecule has 0 fully saturated rings. The average Bonchev–Trinajstić information content (AvgIpc) is 2.92. The Morgan fingerprint density at radius 3 is 3.11 bits per heavy atom. The molecule has 19 heavy (non-hydrogen) atoms. The molecule has 1 atom stereocenters. The van der Waals surface area contributed by atoms with E-state index in [1.54, 1.807) is 0 Å². The number of hydrogen-bond acceptors (Lipinski definition) is 4. The third kappa shape index (κ3) is 2.38. The van der Waals surface area contributed by atoms with E-state index in [9.17, 15) is 0 Å². The standard InChI is InChI=1S/C14H19N5/c15-9-4-10-19-14(16-17-18-19)13-8-3-6-11-5-1-2-7-12(11)13/h1-2,5,7,13H,3-4,6,8-10,15H2. The lowest BCUT2D eigenvalue weighted by Gasteiger charge is -2.24. The summed E-state index contributed by atoms with van der Waals surface area (Å²) in [6.45, 7) is 1.47. The number of nitrogens with two attached hydrogens (primary N) is 1. The van der Waals surface area contributed by atoms with Crippen molar-refractivity contribution in [2.45, 2.75) is 38.1 Å². The number of fused-ring (bicyclic) bond motifs is 1. The van der Waals surface area contributed by atoms with E-state index in [-0.39, 0.29) is 0 Å².